The van der Waals surface area contributed by atoms with Gasteiger partial charge in [0.2, 0.25) is 0 Å². The van der Waals surface area contributed by atoms with Crippen molar-refractivity contribution >= 4 is 11.6 Å². The van der Waals surface area contributed by atoms with Crippen LogP contribution in [0.15, 0.2) is 0 Å². The molecule has 66 valence electrons. The number of rotatable bonds is 0. The lowest BCUT2D eigenvalue weighted by atomic mass is 9.80. The van der Waals surface area contributed by atoms with Gasteiger partial charge in [-0.25, -0.2) is 4.39 Å². The molecule has 3 unspecified atom stereocenters. The third kappa shape index (κ3) is 0.993. The number of carbonyl (C=O) groups is 2. The van der Waals surface area contributed by atoms with Crippen molar-refractivity contribution in [1.29, 1.82) is 0 Å². The molecule has 2 nitrogen and oxygen atoms in total. The van der Waals surface area contributed by atoms with E-state index in [1.165, 1.54) is 0 Å². The molecule has 2 fully saturated rings. The van der Waals surface area contributed by atoms with Crippen LogP contribution in [-0.4, -0.2) is 17.7 Å². The molecule has 0 N–H and O–H groups in total. The van der Waals surface area contributed by atoms with Gasteiger partial charge < -0.3 is 0 Å². The van der Waals surface area contributed by atoms with Crippen LogP contribution in [0.1, 0.15) is 25.7 Å². The normalized spacial score (nSPS) is 41.6. The average Bonchev–Trinajstić information content (AvgIpc) is 2.29. The summed E-state index contributed by atoms with van der Waals surface area (Å²) in [5.74, 6) is -1.06. The quantitative estimate of drug-likeness (QED) is 0.513. The summed E-state index contributed by atoms with van der Waals surface area (Å²) in [6.45, 7) is 0. The van der Waals surface area contributed by atoms with Gasteiger partial charge in [0.05, 0.1) is 12.3 Å². The third-order valence-corrected chi connectivity index (χ3v) is 2.95. The molecule has 0 radical (unpaired) electrons. The van der Waals surface area contributed by atoms with E-state index in [1.807, 2.05) is 0 Å². The van der Waals surface area contributed by atoms with E-state index in [9.17, 15) is 14.0 Å². The van der Waals surface area contributed by atoms with E-state index in [4.69, 9.17) is 0 Å². The van der Waals surface area contributed by atoms with Gasteiger partial charge in [-0.05, 0) is 19.3 Å². The van der Waals surface area contributed by atoms with Crippen molar-refractivity contribution in [3.63, 3.8) is 0 Å². The first-order valence-corrected chi connectivity index (χ1v) is 4.39. The average molecular weight is 170 g/mol. The fourth-order valence-electron chi connectivity index (χ4n) is 2.35. The van der Waals surface area contributed by atoms with E-state index in [0.717, 1.165) is 12.8 Å². The second kappa shape index (κ2) is 2.64. The summed E-state index contributed by atoms with van der Waals surface area (Å²) in [5, 5.41) is 0. The van der Waals surface area contributed by atoms with Gasteiger partial charge in [0.25, 0.3) is 0 Å². The highest BCUT2D eigenvalue weighted by Crippen LogP contribution is 2.39. The molecule has 0 heterocycles. The van der Waals surface area contributed by atoms with Crippen molar-refractivity contribution in [2.24, 2.45) is 11.8 Å². The van der Waals surface area contributed by atoms with Crippen LogP contribution in [0.2, 0.25) is 0 Å². The Morgan fingerprint density at radius 2 is 1.92 bits per heavy atom. The standard InChI is InChI=1S/C9H11FO2/c10-6-3-1-2-5-7(11)4-8(12)9(5)6/h5-6,9H,1-4H2. The van der Waals surface area contributed by atoms with Crippen LogP contribution in [0.3, 0.4) is 0 Å². The van der Waals surface area contributed by atoms with Crippen molar-refractivity contribution in [2.45, 2.75) is 31.9 Å². The zero-order chi connectivity index (χ0) is 8.72. The maximum atomic E-state index is 13.2. The fraction of sp³-hybridized carbons (Fsp3) is 0.778. The Balaban J connectivity index is 2.24. The summed E-state index contributed by atoms with van der Waals surface area (Å²) in [6, 6.07) is 0. The Labute approximate surface area is 70.1 Å². The molecule has 2 aliphatic rings. The zero-order valence-corrected chi connectivity index (χ0v) is 6.75. The summed E-state index contributed by atoms with van der Waals surface area (Å²) >= 11 is 0. The molecule has 0 spiro atoms. The van der Waals surface area contributed by atoms with Crippen LogP contribution >= 0.6 is 0 Å². The van der Waals surface area contributed by atoms with Crippen LogP contribution in [0.25, 0.3) is 0 Å². The molecule has 0 aromatic carbocycles. The topological polar surface area (TPSA) is 34.1 Å². The summed E-state index contributed by atoms with van der Waals surface area (Å²) in [5.41, 5.74) is 0. The molecule has 0 saturated heterocycles. The fourth-order valence-corrected chi connectivity index (χ4v) is 2.35. The van der Waals surface area contributed by atoms with Gasteiger partial charge in [-0.1, -0.05) is 0 Å². The predicted molar refractivity (Wildman–Crippen MR) is 40.4 cm³/mol. The highest BCUT2D eigenvalue weighted by Gasteiger charge is 2.47. The smallest absolute Gasteiger partial charge is 0.146 e. The number of ketones is 2. The first kappa shape index (κ1) is 7.90. The van der Waals surface area contributed by atoms with Gasteiger partial charge in [-0.15, -0.1) is 0 Å². The Morgan fingerprint density at radius 3 is 2.58 bits per heavy atom. The second-order valence-electron chi connectivity index (χ2n) is 3.69. The number of hydrogen-bond acceptors (Lipinski definition) is 2. The highest BCUT2D eigenvalue weighted by molar-refractivity contribution is 6.08. The van der Waals surface area contributed by atoms with Gasteiger partial charge in [0.15, 0.2) is 0 Å². The van der Waals surface area contributed by atoms with Crippen molar-refractivity contribution in [3.8, 4) is 0 Å². The monoisotopic (exact) mass is 170 g/mol. The van der Waals surface area contributed by atoms with Crippen molar-refractivity contribution < 1.29 is 14.0 Å². The number of alkyl halides is 1. The Hall–Kier alpha value is -0.730. The molecule has 0 aliphatic heterocycles. The first-order chi connectivity index (χ1) is 5.70. The second-order valence-corrected chi connectivity index (χ2v) is 3.69. The lowest BCUT2D eigenvalue weighted by molar-refractivity contribution is -0.124. The van der Waals surface area contributed by atoms with E-state index in [0.29, 0.717) is 6.42 Å². The minimum Gasteiger partial charge on any atom is -0.299 e. The third-order valence-electron chi connectivity index (χ3n) is 2.95. The van der Waals surface area contributed by atoms with Crippen LogP contribution in [-0.2, 0) is 9.59 Å². The van der Waals surface area contributed by atoms with Gasteiger partial charge in [-0.3, -0.25) is 9.59 Å². The van der Waals surface area contributed by atoms with Crippen LogP contribution < -0.4 is 0 Å². The highest BCUT2D eigenvalue weighted by atomic mass is 19.1. The lowest BCUT2D eigenvalue weighted by Crippen LogP contribution is -2.31. The Kier molecular flexibility index (Phi) is 1.74. The number of hydrogen-bond donors (Lipinski definition) is 0. The van der Waals surface area contributed by atoms with E-state index in [2.05, 4.69) is 0 Å². The molecule has 3 atom stereocenters. The van der Waals surface area contributed by atoms with E-state index < -0.39 is 12.1 Å². The van der Waals surface area contributed by atoms with Gasteiger partial charge in [0.1, 0.15) is 17.7 Å². The minimum absolute atomic E-state index is 0.0181. The summed E-state index contributed by atoms with van der Waals surface area (Å²) in [4.78, 5) is 22.3. The number of halogens is 1. The molecule has 0 amide bonds. The van der Waals surface area contributed by atoms with Crippen LogP contribution in [0, 0.1) is 11.8 Å². The molecule has 0 aromatic heterocycles. The SMILES string of the molecule is O=C1CC(=O)C2C(F)CCCC12. The van der Waals surface area contributed by atoms with Crippen molar-refractivity contribution in [2.75, 3.05) is 0 Å². The summed E-state index contributed by atoms with van der Waals surface area (Å²) < 4.78 is 13.2. The maximum Gasteiger partial charge on any atom is 0.146 e. The predicted octanol–water partition coefficient (Wildman–Crippen LogP) is 1.28. The molecule has 3 heteroatoms. The summed E-state index contributed by atoms with van der Waals surface area (Å²) in [7, 11) is 0. The van der Waals surface area contributed by atoms with E-state index in [1.54, 1.807) is 0 Å². The molecular weight excluding hydrogens is 159 g/mol. The Morgan fingerprint density at radius 1 is 1.17 bits per heavy atom. The minimum atomic E-state index is -1.05. The van der Waals surface area contributed by atoms with Crippen LogP contribution in [0.4, 0.5) is 4.39 Å². The molecule has 0 aromatic rings. The van der Waals surface area contributed by atoms with E-state index >= 15 is 0 Å². The van der Waals surface area contributed by atoms with Crippen LogP contribution in [0.5, 0.6) is 0 Å². The number of carbonyl (C=O) groups excluding carboxylic acids is 2. The lowest BCUT2D eigenvalue weighted by Gasteiger charge is -2.25. The first-order valence-electron chi connectivity index (χ1n) is 4.39. The van der Waals surface area contributed by atoms with E-state index in [-0.39, 0.29) is 23.9 Å². The van der Waals surface area contributed by atoms with Crippen molar-refractivity contribution in [1.82, 2.24) is 0 Å². The van der Waals surface area contributed by atoms with Gasteiger partial charge in [0, 0.05) is 5.92 Å². The van der Waals surface area contributed by atoms with Gasteiger partial charge in [-0.2, -0.15) is 0 Å². The van der Waals surface area contributed by atoms with Gasteiger partial charge >= 0.3 is 0 Å². The summed E-state index contributed by atoms with van der Waals surface area (Å²) in [6.07, 6.45) is 0.857. The van der Waals surface area contributed by atoms with Crippen molar-refractivity contribution in [3.05, 3.63) is 0 Å². The molecule has 12 heavy (non-hydrogen) atoms. The number of fused-ring (bicyclic) bond motifs is 1. The largest absolute Gasteiger partial charge is 0.299 e. The molecule has 2 aliphatic carbocycles. The molecule has 2 saturated carbocycles. The molecule has 0 bridgehead atoms. The number of Topliss-reactive ketones (excluding diaryl/α,β-unsaturated/α-hetero) is 2. The Bertz CT molecular complexity index is 237. The molecule has 2 rings (SSSR count). The maximum absolute atomic E-state index is 13.2. The molecular formula is C9H11FO2. The zero-order valence-electron chi connectivity index (χ0n) is 6.75.